The summed E-state index contributed by atoms with van der Waals surface area (Å²) in [5, 5.41) is 8.14. The Labute approximate surface area is 114 Å². The fraction of sp³-hybridized carbons (Fsp3) is 0.429. The summed E-state index contributed by atoms with van der Waals surface area (Å²) >= 11 is 5.17. The Morgan fingerprint density at radius 1 is 1.28 bits per heavy atom. The van der Waals surface area contributed by atoms with Gasteiger partial charge in [-0.25, -0.2) is 0 Å². The fourth-order valence-corrected chi connectivity index (χ4v) is 2.41. The molecule has 0 fully saturated rings. The van der Waals surface area contributed by atoms with E-state index in [2.05, 4.69) is 54.0 Å². The van der Waals surface area contributed by atoms with Crippen molar-refractivity contribution in [2.24, 2.45) is 5.10 Å². The molecule has 1 aromatic carbocycles. The molecule has 3 nitrogen and oxygen atoms in total. The van der Waals surface area contributed by atoms with Crippen molar-refractivity contribution >= 4 is 23.0 Å². The van der Waals surface area contributed by atoms with Gasteiger partial charge in [-0.3, -0.25) is 5.43 Å². The molecular formula is C14H19N3S. The Morgan fingerprint density at radius 2 is 2.06 bits per heavy atom. The molecule has 0 atom stereocenters. The molecule has 0 saturated carbocycles. The van der Waals surface area contributed by atoms with E-state index in [-0.39, 0.29) is 0 Å². The van der Waals surface area contributed by atoms with Gasteiger partial charge >= 0.3 is 0 Å². The maximum absolute atomic E-state index is 5.17. The van der Waals surface area contributed by atoms with Gasteiger partial charge in [-0.2, -0.15) is 5.10 Å². The van der Waals surface area contributed by atoms with Crippen molar-refractivity contribution in [2.75, 3.05) is 0 Å². The standard InChI is InChI=1S/C14H19N3S/c1-10(2)15-14(18)17-16-13-9-5-7-11-6-3-4-8-12(11)13/h3-4,6,8,10H,5,7,9H2,1-2H3,(H2,15,17,18)/b16-13-. The zero-order valence-electron chi connectivity index (χ0n) is 10.9. The van der Waals surface area contributed by atoms with Crippen molar-refractivity contribution < 1.29 is 0 Å². The SMILES string of the molecule is CC(C)NC(=S)N/N=C1/CCCc2ccccc21. The number of nitrogens with one attached hydrogen (secondary N) is 2. The predicted molar refractivity (Wildman–Crippen MR) is 79.9 cm³/mol. The lowest BCUT2D eigenvalue weighted by atomic mass is 9.90. The smallest absolute Gasteiger partial charge is 0.187 e. The maximum atomic E-state index is 5.17. The van der Waals surface area contributed by atoms with Gasteiger partial charge in [-0.1, -0.05) is 24.3 Å². The van der Waals surface area contributed by atoms with Crippen LogP contribution in [-0.2, 0) is 6.42 Å². The maximum Gasteiger partial charge on any atom is 0.187 e. The summed E-state index contributed by atoms with van der Waals surface area (Å²) in [4.78, 5) is 0. The van der Waals surface area contributed by atoms with Crippen molar-refractivity contribution in [2.45, 2.75) is 39.2 Å². The van der Waals surface area contributed by atoms with Crippen molar-refractivity contribution in [1.82, 2.24) is 10.7 Å². The third-order valence-corrected chi connectivity index (χ3v) is 3.11. The van der Waals surface area contributed by atoms with E-state index in [0.717, 1.165) is 25.0 Å². The topological polar surface area (TPSA) is 36.4 Å². The molecule has 0 amide bonds. The van der Waals surface area contributed by atoms with E-state index >= 15 is 0 Å². The van der Waals surface area contributed by atoms with E-state index < -0.39 is 0 Å². The molecular weight excluding hydrogens is 242 g/mol. The molecule has 18 heavy (non-hydrogen) atoms. The number of nitrogens with zero attached hydrogens (tertiary/aromatic N) is 1. The molecule has 96 valence electrons. The quantitative estimate of drug-likeness (QED) is 0.634. The molecule has 2 N–H and O–H groups in total. The van der Waals surface area contributed by atoms with Gasteiger partial charge in [-0.05, 0) is 50.9 Å². The monoisotopic (exact) mass is 261 g/mol. The third kappa shape index (κ3) is 3.29. The van der Waals surface area contributed by atoms with E-state index in [9.17, 15) is 0 Å². The minimum Gasteiger partial charge on any atom is -0.359 e. The predicted octanol–water partition coefficient (Wildman–Crippen LogP) is 2.60. The average molecular weight is 261 g/mol. The van der Waals surface area contributed by atoms with Crippen molar-refractivity contribution in [3.63, 3.8) is 0 Å². The Hall–Kier alpha value is -1.42. The van der Waals surface area contributed by atoms with E-state index in [1.807, 2.05) is 0 Å². The molecule has 2 rings (SSSR count). The first-order chi connectivity index (χ1) is 8.66. The number of rotatable bonds is 2. The second-order valence-corrected chi connectivity index (χ2v) is 5.22. The minimum atomic E-state index is 0.323. The van der Waals surface area contributed by atoms with Crippen LogP contribution in [0.2, 0.25) is 0 Å². The highest BCUT2D eigenvalue weighted by atomic mass is 32.1. The lowest BCUT2D eigenvalue weighted by molar-refractivity contribution is 0.718. The second kappa shape index (κ2) is 5.96. The molecule has 0 aromatic heterocycles. The minimum absolute atomic E-state index is 0.323. The van der Waals surface area contributed by atoms with E-state index in [0.29, 0.717) is 11.2 Å². The van der Waals surface area contributed by atoms with Crippen molar-refractivity contribution in [3.05, 3.63) is 35.4 Å². The summed E-state index contributed by atoms with van der Waals surface area (Å²) in [5.74, 6) is 0. The molecule has 1 aliphatic carbocycles. The lowest BCUT2D eigenvalue weighted by Gasteiger charge is -2.18. The van der Waals surface area contributed by atoms with Gasteiger partial charge in [0.1, 0.15) is 0 Å². The van der Waals surface area contributed by atoms with Gasteiger partial charge < -0.3 is 5.32 Å². The number of benzene rings is 1. The van der Waals surface area contributed by atoms with Gasteiger partial charge in [0.25, 0.3) is 0 Å². The van der Waals surface area contributed by atoms with Crippen LogP contribution in [-0.4, -0.2) is 16.9 Å². The van der Waals surface area contributed by atoms with Crippen LogP contribution in [0.3, 0.4) is 0 Å². The average Bonchev–Trinajstić information content (AvgIpc) is 2.35. The van der Waals surface area contributed by atoms with Crippen LogP contribution in [0.5, 0.6) is 0 Å². The van der Waals surface area contributed by atoms with Gasteiger partial charge in [0.2, 0.25) is 0 Å². The number of thiocarbonyl (C=S) groups is 1. The molecule has 0 bridgehead atoms. The molecule has 1 aromatic rings. The highest BCUT2D eigenvalue weighted by molar-refractivity contribution is 7.80. The van der Waals surface area contributed by atoms with Gasteiger partial charge in [-0.15, -0.1) is 0 Å². The molecule has 0 aliphatic heterocycles. The molecule has 1 aliphatic rings. The molecule has 0 radical (unpaired) electrons. The first kappa shape index (κ1) is 13.0. The van der Waals surface area contributed by atoms with E-state index in [1.165, 1.54) is 11.1 Å². The van der Waals surface area contributed by atoms with E-state index in [1.54, 1.807) is 0 Å². The van der Waals surface area contributed by atoms with Crippen LogP contribution in [0.4, 0.5) is 0 Å². The first-order valence-corrected chi connectivity index (χ1v) is 6.79. The Balaban J connectivity index is 2.08. The summed E-state index contributed by atoms with van der Waals surface area (Å²) in [6.07, 6.45) is 3.31. The van der Waals surface area contributed by atoms with Gasteiger partial charge in [0, 0.05) is 11.6 Å². The highest BCUT2D eigenvalue weighted by Gasteiger charge is 2.14. The molecule has 0 saturated heterocycles. The number of hydrazone groups is 1. The van der Waals surface area contributed by atoms with Crippen LogP contribution in [0, 0.1) is 0 Å². The summed E-state index contributed by atoms with van der Waals surface area (Å²) in [6, 6.07) is 8.77. The van der Waals surface area contributed by atoms with Gasteiger partial charge in [0.15, 0.2) is 5.11 Å². The van der Waals surface area contributed by atoms with E-state index in [4.69, 9.17) is 12.2 Å². The number of aryl methyl sites for hydroxylation is 1. The number of hydrogen-bond donors (Lipinski definition) is 2. The van der Waals surface area contributed by atoms with Crippen LogP contribution in [0.25, 0.3) is 0 Å². The Kier molecular flexibility index (Phi) is 4.31. The van der Waals surface area contributed by atoms with Gasteiger partial charge in [0.05, 0.1) is 5.71 Å². The summed E-state index contributed by atoms with van der Waals surface area (Å²) in [5.41, 5.74) is 6.67. The number of hydrogen-bond acceptors (Lipinski definition) is 2. The fourth-order valence-electron chi connectivity index (χ4n) is 2.13. The Morgan fingerprint density at radius 3 is 2.83 bits per heavy atom. The molecule has 0 unspecified atom stereocenters. The largest absolute Gasteiger partial charge is 0.359 e. The van der Waals surface area contributed by atoms with Crippen LogP contribution in [0.15, 0.2) is 29.4 Å². The third-order valence-electron chi connectivity index (χ3n) is 2.90. The van der Waals surface area contributed by atoms with Crippen LogP contribution in [0.1, 0.15) is 37.8 Å². The summed E-state index contributed by atoms with van der Waals surface area (Å²) in [7, 11) is 0. The van der Waals surface area contributed by atoms with Crippen molar-refractivity contribution in [1.29, 1.82) is 0 Å². The second-order valence-electron chi connectivity index (χ2n) is 4.81. The molecule has 4 heteroatoms. The van der Waals surface area contributed by atoms with Crippen LogP contribution >= 0.6 is 12.2 Å². The number of fused-ring (bicyclic) bond motifs is 1. The molecule has 0 heterocycles. The first-order valence-electron chi connectivity index (χ1n) is 6.38. The highest BCUT2D eigenvalue weighted by Crippen LogP contribution is 2.20. The van der Waals surface area contributed by atoms with Crippen molar-refractivity contribution in [3.8, 4) is 0 Å². The zero-order chi connectivity index (χ0) is 13.0. The summed E-state index contributed by atoms with van der Waals surface area (Å²) < 4.78 is 0. The Bertz CT molecular complexity index is 466. The lowest BCUT2D eigenvalue weighted by Crippen LogP contribution is -2.37. The zero-order valence-corrected chi connectivity index (χ0v) is 11.7. The van der Waals surface area contributed by atoms with Crippen LogP contribution < -0.4 is 10.7 Å². The normalized spacial score (nSPS) is 16.5. The molecule has 0 spiro atoms. The summed E-state index contributed by atoms with van der Waals surface area (Å²) in [6.45, 7) is 4.11.